The number of pyridine rings is 1. The van der Waals surface area contributed by atoms with Crippen molar-refractivity contribution in [3.05, 3.63) is 59.6 Å². The monoisotopic (exact) mass is 656 g/mol. The molecule has 0 radical (unpaired) electrons. The SMILES string of the molecule is C#Cc1c(F)ccc2cc(O)cc(-c3ncc4c(N5CC6CCC(COC)(C5)N6)nc(OCC56CCCN5C/C(=C\F)C6)nc4c3F)c12. The molecule has 2 aromatic heterocycles. The first kappa shape index (κ1) is 30.9. The van der Waals surface area contributed by atoms with E-state index in [9.17, 15) is 13.9 Å². The summed E-state index contributed by atoms with van der Waals surface area (Å²) in [5.41, 5.74) is -0.0537. The molecule has 3 unspecified atom stereocenters. The van der Waals surface area contributed by atoms with E-state index in [1.54, 1.807) is 7.11 Å². The van der Waals surface area contributed by atoms with Crippen molar-refractivity contribution >= 4 is 27.5 Å². The molecule has 0 aliphatic carbocycles. The number of anilines is 1. The first-order chi connectivity index (χ1) is 23.2. The molecule has 2 aromatic carbocycles. The molecule has 0 saturated carbocycles. The minimum absolute atomic E-state index is 0.00440. The van der Waals surface area contributed by atoms with E-state index < -0.39 is 11.6 Å². The summed E-state index contributed by atoms with van der Waals surface area (Å²) in [6, 6.07) is 5.64. The number of aromatic hydroxyl groups is 1. The van der Waals surface area contributed by atoms with Gasteiger partial charge in [0.1, 0.15) is 35.2 Å². The van der Waals surface area contributed by atoms with Crippen LogP contribution in [-0.2, 0) is 4.74 Å². The Labute approximate surface area is 275 Å². The van der Waals surface area contributed by atoms with Crippen molar-refractivity contribution in [3.8, 4) is 35.4 Å². The molecule has 0 spiro atoms. The number of phenols is 1. The van der Waals surface area contributed by atoms with Crippen LogP contribution in [0.5, 0.6) is 11.8 Å². The molecule has 4 fully saturated rings. The fourth-order valence-electron chi connectivity index (χ4n) is 8.50. The highest BCUT2D eigenvalue weighted by Gasteiger charge is 2.48. The van der Waals surface area contributed by atoms with Gasteiger partial charge in [-0.05, 0) is 67.8 Å². The quantitative estimate of drug-likeness (QED) is 0.259. The molecule has 12 heteroatoms. The smallest absolute Gasteiger partial charge is 0.319 e. The third-order valence-corrected chi connectivity index (χ3v) is 10.5. The van der Waals surface area contributed by atoms with Crippen molar-refractivity contribution in [2.45, 2.75) is 49.2 Å². The molecule has 3 atom stereocenters. The van der Waals surface area contributed by atoms with E-state index in [2.05, 4.69) is 31.0 Å². The van der Waals surface area contributed by atoms with E-state index in [0.717, 1.165) is 37.8 Å². The number of ether oxygens (including phenoxy) is 2. The van der Waals surface area contributed by atoms with Crippen LogP contribution >= 0.6 is 0 Å². The van der Waals surface area contributed by atoms with Gasteiger partial charge in [0.2, 0.25) is 0 Å². The summed E-state index contributed by atoms with van der Waals surface area (Å²) in [6.45, 7) is 3.31. The second-order valence-electron chi connectivity index (χ2n) is 13.6. The number of nitrogens with zero attached hydrogens (tertiary/aromatic N) is 5. The molecule has 6 heterocycles. The first-order valence-electron chi connectivity index (χ1n) is 16.2. The number of piperazine rings is 1. The highest BCUT2D eigenvalue weighted by Crippen LogP contribution is 2.43. The molecule has 4 aromatic rings. The average molecular weight is 657 g/mol. The summed E-state index contributed by atoms with van der Waals surface area (Å²) in [5.74, 6) is 1.28. The molecule has 4 aliphatic heterocycles. The minimum atomic E-state index is -0.783. The number of terminal acetylenes is 1. The number of hydrogen-bond acceptors (Lipinski definition) is 9. The maximum atomic E-state index is 16.9. The maximum absolute atomic E-state index is 16.9. The van der Waals surface area contributed by atoms with Gasteiger partial charge >= 0.3 is 6.01 Å². The molecule has 8 rings (SSSR count). The molecule has 4 saturated heterocycles. The zero-order chi connectivity index (χ0) is 33.2. The molecule has 2 bridgehead atoms. The maximum Gasteiger partial charge on any atom is 0.319 e. The number of rotatable bonds is 7. The van der Waals surface area contributed by atoms with Crippen molar-refractivity contribution < 1.29 is 27.8 Å². The molecule has 248 valence electrons. The van der Waals surface area contributed by atoms with Crippen molar-refractivity contribution in [3.63, 3.8) is 0 Å². The van der Waals surface area contributed by atoms with Gasteiger partial charge in [-0.1, -0.05) is 12.0 Å². The van der Waals surface area contributed by atoms with Crippen LogP contribution in [0.2, 0.25) is 0 Å². The Balaban J connectivity index is 1.27. The highest BCUT2D eigenvalue weighted by atomic mass is 19.1. The van der Waals surface area contributed by atoms with Crippen molar-refractivity contribution in [2.24, 2.45) is 0 Å². The second-order valence-corrected chi connectivity index (χ2v) is 13.6. The molecule has 2 N–H and O–H groups in total. The topological polar surface area (TPSA) is 95.9 Å². The summed E-state index contributed by atoms with van der Waals surface area (Å²) in [4.78, 5) is 18.3. The Morgan fingerprint density at radius 2 is 2.08 bits per heavy atom. The van der Waals surface area contributed by atoms with E-state index in [4.69, 9.17) is 20.9 Å². The van der Waals surface area contributed by atoms with Gasteiger partial charge in [-0.15, -0.1) is 6.42 Å². The number of fused-ring (bicyclic) bond motifs is 5. The summed E-state index contributed by atoms with van der Waals surface area (Å²) >= 11 is 0. The van der Waals surface area contributed by atoms with Crippen LogP contribution in [0.4, 0.5) is 19.0 Å². The summed E-state index contributed by atoms with van der Waals surface area (Å²) in [7, 11) is 1.68. The van der Waals surface area contributed by atoms with Crippen LogP contribution < -0.4 is 15.0 Å². The number of nitrogens with one attached hydrogen (secondary N) is 1. The third kappa shape index (κ3) is 4.95. The van der Waals surface area contributed by atoms with Gasteiger partial charge in [0.15, 0.2) is 5.82 Å². The van der Waals surface area contributed by atoms with Crippen molar-refractivity contribution in [1.29, 1.82) is 0 Å². The van der Waals surface area contributed by atoms with Crippen LogP contribution in [0.3, 0.4) is 0 Å². The van der Waals surface area contributed by atoms with Gasteiger partial charge in [-0.25, -0.2) is 13.2 Å². The normalized spacial score (nSPS) is 26.1. The molecule has 48 heavy (non-hydrogen) atoms. The van der Waals surface area contributed by atoms with Gasteiger partial charge in [0.05, 0.1) is 35.0 Å². The predicted octanol–water partition coefficient (Wildman–Crippen LogP) is 5.24. The molecular weight excluding hydrogens is 621 g/mol. The minimum Gasteiger partial charge on any atom is -0.508 e. The Kier molecular flexibility index (Phi) is 7.47. The zero-order valence-electron chi connectivity index (χ0n) is 26.5. The van der Waals surface area contributed by atoms with E-state index in [-0.39, 0.29) is 63.2 Å². The van der Waals surface area contributed by atoms with Gasteiger partial charge in [0.25, 0.3) is 0 Å². The van der Waals surface area contributed by atoms with Gasteiger partial charge in [0, 0.05) is 49.9 Å². The molecule has 9 nitrogen and oxygen atoms in total. The van der Waals surface area contributed by atoms with E-state index in [1.165, 1.54) is 30.5 Å². The average Bonchev–Trinajstić information content (AvgIpc) is 3.73. The summed E-state index contributed by atoms with van der Waals surface area (Å²) < 4.78 is 57.3. The zero-order valence-corrected chi connectivity index (χ0v) is 26.5. The highest BCUT2D eigenvalue weighted by molar-refractivity contribution is 6.03. The fourth-order valence-corrected chi connectivity index (χ4v) is 8.50. The number of hydrogen-bond donors (Lipinski definition) is 2. The van der Waals surface area contributed by atoms with E-state index in [1.807, 2.05) is 0 Å². The van der Waals surface area contributed by atoms with E-state index >= 15 is 4.39 Å². The van der Waals surface area contributed by atoms with Crippen LogP contribution in [0, 0.1) is 24.0 Å². The van der Waals surface area contributed by atoms with Gasteiger partial charge < -0.3 is 24.8 Å². The Morgan fingerprint density at radius 3 is 2.90 bits per heavy atom. The van der Waals surface area contributed by atoms with Gasteiger partial charge in [-0.2, -0.15) is 9.97 Å². The standard InChI is InChI=1S/C36H35F3N6O3/c1-3-25-28(38)6-5-22-11-24(46)12-26(29(22)25)31-30(39)32-27(15-40-31)33(44-17-23-7-9-35(18-44,43-23)19-47-2)42-34(41-32)48-20-36-8-4-10-45(36)16-21(13-36)14-37/h1,5-6,11-12,14-15,23,43,46H,4,7-10,13,16-20H2,2H3/b21-14-. The third-order valence-electron chi connectivity index (χ3n) is 10.5. The first-order valence-corrected chi connectivity index (χ1v) is 16.2. The van der Waals surface area contributed by atoms with Crippen LogP contribution in [0.1, 0.15) is 37.7 Å². The lowest BCUT2D eigenvalue weighted by Gasteiger charge is -2.41. The summed E-state index contributed by atoms with van der Waals surface area (Å²) in [6.07, 6.45) is 12.1. The lowest BCUT2D eigenvalue weighted by atomic mass is 9.94. The molecule has 0 amide bonds. The Bertz CT molecular complexity index is 2030. The fraction of sp³-hybridized carbons (Fsp3) is 0.417. The number of phenolic OH excluding ortho intramolecular Hbond substituents is 1. The van der Waals surface area contributed by atoms with Crippen LogP contribution in [0.25, 0.3) is 32.9 Å². The van der Waals surface area contributed by atoms with Crippen molar-refractivity contribution in [2.75, 3.05) is 51.4 Å². The predicted molar refractivity (Wildman–Crippen MR) is 176 cm³/mol. The number of methoxy groups -OCH3 is 1. The number of aromatic nitrogens is 3. The van der Waals surface area contributed by atoms with Crippen LogP contribution in [0.15, 0.2) is 42.4 Å². The lowest BCUT2D eigenvalue weighted by molar-refractivity contribution is 0.107. The largest absolute Gasteiger partial charge is 0.508 e. The van der Waals surface area contributed by atoms with Crippen molar-refractivity contribution in [1.82, 2.24) is 25.2 Å². The van der Waals surface area contributed by atoms with Crippen LogP contribution in [-0.4, -0.2) is 88.6 Å². The Morgan fingerprint density at radius 1 is 1.21 bits per heavy atom. The number of benzene rings is 2. The summed E-state index contributed by atoms with van der Waals surface area (Å²) in [5, 5.41) is 15.4. The molecular formula is C36H35F3N6O3. The number of halogens is 3. The second kappa shape index (κ2) is 11.6. The molecule has 4 aliphatic rings. The van der Waals surface area contributed by atoms with Gasteiger partial charge in [-0.3, -0.25) is 9.88 Å². The lowest BCUT2D eigenvalue weighted by Crippen LogP contribution is -2.61. The Hall–Kier alpha value is -4.44. The van der Waals surface area contributed by atoms with E-state index in [0.29, 0.717) is 55.6 Å².